The van der Waals surface area contributed by atoms with Gasteiger partial charge in [0, 0.05) is 12.1 Å². The summed E-state index contributed by atoms with van der Waals surface area (Å²) in [6, 6.07) is 7.32. The molecule has 1 aromatic carbocycles. The third-order valence-electron chi connectivity index (χ3n) is 3.28. The Labute approximate surface area is 134 Å². The van der Waals surface area contributed by atoms with Crippen LogP contribution in [0.15, 0.2) is 30.5 Å². The predicted molar refractivity (Wildman–Crippen MR) is 87.1 cm³/mol. The molecular weight excluding hydrogens is 298 g/mol. The molecule has 0 amide bonds. The number of methoxy groups -OCH3 is 1. The van der Waals surface area contributed by atoms with E-state index in [1.165, 1.54) is 6.20 Å². The van der Waals surface area contributed by atoms with Crippen molar-refractivity contribution >= 4 is 11.5 Å². The molecule has 0 saturated heterocycles. The lowest BCUT2D eigenvalue weighted by atomic mass is 10.2. The Kier molecular flexibility index (Phi) is 5.35. The van der Waals surface area contributed by atoms with E-state index in [0.717, 1.165) is 5.56 Å². The molecule has 0 spiro atoms. The zero-order chi connectivity index (χ0) is 16.8. The van der Waals surface area contributed by atoms with Crippen molar-refractivity contribution in [2.45, 2.75) is 20.4 Å². The molecule has 7 heteroatoms. The number of ether oxygens (including phenoxy) is 2. The smallest absolute Gasteiger partial charge is 0.290 e. The number of nitro groups is 1. The van der Waals surface area contributed by atoms with Crippen LogP contribution in [0.25, 0.3) is 0 Å². The molecule has 2 rings (SSSR count). The molecule has 0 atom stereocenters. The SMILES string of the molecule is CCOc1cc(CNc2cc(C)c([N+](=O)[O-])cn2)ccc1OC. The molecule has 0 bridgehead atoms. The first-order chi connectivity index (χ1) is 11.0. The standard InChI is InChI=1S/C16H19N3O4/c1-4-23-15-8-12(5-6-14(15)22-3)9-17-16-7-11(2)13(10-18-16)19(20)21/h5-8,10H,4,9H2,1-3H3,(H,17,18). The summed E-state index contributed by atoms with van der Waals surface area (Å²) >= 11 is 0. The van der Waals surface area contributed by atoms with Crippen LogP contribution in [0, 0.1) is 17.0 Å². The highest BCUT2D eigenvalue weighted by Crippen LogP contribution is 2.28. The van der Waals surface area contributed by atoms with Gasteiger partial charge in [-0.25, -0.2) is 4.98 Å². The summed E-state index contributed by atoms with van der Waals surface area (Å²) in [6.45, 7) is 4.67. The Morgan fingerprint density at radius 2 is 2.09 bits per heavy atom. The van der Waals surface area contributed by atoms with Crippen molar-refractivity contribution in [2.24, 2.45) is 0 Å². The van der Waals surface area contributed by atoms with Crippen molar-refractivity contribution in [3.05, 3.63) is 51.7 Å². The first-order valence-electron chi connectivity index (χ1n) is 7.19. The minimum Gasteiger partial charge on any atom is -0.493 e. The maximum atomic E-state index is 10.8. The van der Waals surface area contributed by atoms with Crippen LogP contribution < -0.4 is 14.8 Å². The molecule has 0 aliphatic carbocycles. The second kappa shape index (κ2) is 7.44. The van der Waals surface area contributed by atoms with Gasteiger partial charge in [0.05, 0.1) is 18.6 Å². The fraction of sp³-hybridized carbons (Fsp3) is 0.312. The van der Waals surface area contributed by atoms with Crippen LogP contribution in [-0.2, 0) is 6.54 Å². The van der Waals surface area contributed by atoms with Crippen molar-refractivity contribution in [3.8, 4) is 11.5 Å². The number of aryl methyl sites for hydroxylation is 1. The van der Waals surface area contributed by atoms with Crippen molar-refractivity contribution in [3.63, 3.8) is 0 Å². The van der Waals surface area contributed by atoms with E-state index in [1.54, 1.807) is 20.1 Å². The maximum absolute atomic E-state index is 10.8. The molecule has 0 fully saturated rings. The van der Waals surface area contributed by atoms with Gasteiger partial charge < -0.3 is 14.8 Å². The number of aromatic nitrogens is 1. The Morgan fingerprint density at radius 3 is 2.70 bits per heavy atom. The van der Waals surface area contributed by atoms with Crippen molar-refractivity contribution in [1.29, 1.82) is 0 Å². The van der Waals surface area contributed by atoms with Gasteiger partial charge in [-0.2, -0.15) is 0 Å². The van der Waals surface area contributed by atoms with Gasteiger partial charge >= 0.3 is 0 Å². The van der Waals surface area contributed by atoms with E-state index in [4.69, 9.17) is 9.47 Å². The first kappa shape index (κ1) is 16.5. The van der Waals surface area contributed by atoms with Crippen LogP contribution in [0.5, 0.6) is 11.5 Å². The van der Waals surface area contributed by atoms with Crippen LogP contribution in [0.1, 0.15) is 18.1 Å². The van der Waals surface area contributed by atoms with E-state index in [-0.39, 0.29) is 5.69 Å². The lowest BCUT2D eigenvalue weighted by Crippen LogP contribution is -2.04. The van der Waals surface area contributed by atoms with Crippen LogP contribution in [0.3, 0.4) is 0 Å². The minimum atomic E-state index is -0.441. The van der Waals surface area contributed by atoms with Gasteiger partial charge in [0.2, 0.25) is 0 Å². The molecule has 2 aromatic rings. The van der Waals surface area contributed by atoms with E-state index in [2.05, 4.69) is 10.3 Å². The highest BCUT2D eigenvalue weighted by molar-refractivity contribution is 5.48. The normalized spacial score (nSPS) is 10.2. The quantitative estimate of drug-likeness (QED) is 0.622. The van der Waals surface area contributed by atoms with Crippen LogP contribution in [0.2, 0.25) is 0 Å². The first-order valence-corrected chi connectivity index (χ1v) is 7.19. The summed E-state index contributed by atoms with van der Waals surface area (Å²) in [6.07, 6.45) is 1.26. The Bertz CT molecular complexity index is 704. The lowest BCUT2D eigenvalue weighted by molar-refractivity contribution is -0.385. The number of anilines is 1. The van der Waals surface area contributed by atoms with Gasteiger partial charge in [-0.3, -0.25) is 10.1 Å². The number of benzene rings is 1. The van der Waals surface area contributed by atoms with E-state index in [0.29, 0.717) is 36.0 Å². The molecule has 1 aromatic heterocycles. The van der Waals surface area contributed by atoms with Crippen LogP contribution in [-0.4, -0.2) is 23.6 Å². The van der Waals surface area contributed by atoms with Gasteiger partial charge in [-0.15, -0.1) is 0 Å². The Hall–Kier alpha value is -2.83. The number of hydrogen-bond donors (Lipinski definition) is 1. The average molecular weight is 317 g/mol. The Morgan fingerprint density at radius 1 is 1.30 bits per heavy atom. The van der Waals surface area contributed by atoms with Gasteiger partial charge in [0.25, 0.3) is 5.69 Å². The molecule has 0 saturated carbocycles. The van der Waals surface area contributed by atoms with E-state index in [1.807, 2.05) is 25.1 Å². The summed E-state index contributed by atoms with van der Waals surface area (Å²) in [4.78, 5) is 14.4. The number of pyridine rings is 1. The topological polar surface area (TPSA) is 86.5 Å². The fourth-order valence-electron chi connectivity index (χ4n) is 2.13. The third kappa shape index (κ3) is 4.09. The van der Waals surface area contributed by atoms with E-state index < -0.39 is 4.92 Å². The maximum Gasteiger partial charge on any atom is 0.290 e. The summed E-state index contributed by atoms with van der Waals surface area (Å²) in [5.41, 5.74) is 1.57. The molecular formula is C16H19N3O4. The second-order valence-electron chi connectivity index (χ2n) is 4.88. The van der Waals surface area contributed by atoms with Gasteiger partial charge in [0.15, 0.2) is 11.5 Å². The number of nitrogens with zero attached hydrogens (tertiary/aromatic N) is 2. The van der Waals surface area contributed by atoms with Crippen molar-refractivity contribution < 1.29 is 14.4 Å². The molecule has 0 aliphatic rings. The molecule has 0 radical (unpaired) electrons. The molecule has 1 heterocycles. The number of hydrogen-bond acceptors (Lipinski definition) is 6. The summed E-state index contributed by atoms with van der Waals surface area (Å²) in [7, 11) is 1.60. The highest BCUT2D eigenvalue weighted by Gasteiger charge is 2.11. The lowest BCUT2D eigenvalue weighted by Gasteiger charge is -2.12. The number of rotatable bonds is 7. The highest BCUT2D eigenvalue weighted by atomic mass is 16.6. The molecule has 1 N–H and O–H groups in total. The third-order valence-corrected chi connectivity index (χ3v) is 3.28. The number of nitrogens with one attached hydrogen (secondary N) is 1. The van der Waals surface area contributed by atoms with Crippen LogP contribution >= 0.6 is 0 Å². The molecule has 122 valence electrons. The van der Waals surface area contributed by atoms with Crippen molar-refractivity contribution in [2.75, 3.05) is 19.0 Å². The summed E-state index contributed by atoms with van der Waals surface area (Å²) in [5.74, 6) is 1.95. The largest absolute Gasteiger partial charge is 0.493 e. The Balaban J connectivity index is 2.10. The van der Waals surface area contributed by atoms with Crippen molar-refractivity contribution in [1.82, 2.24) is 4.98 Å². The van der Waals surface area contributed by atoms with E-state index in [9.17, 15) is 10.1 Å². The molecule has 0 unspecified atom stereocenters. The second-order valence-corrected chi connectivity index (χ2v) is 4.88. The monoisotopic (exact) mass is 317 g/mol. The summed E-state index contributed by atoms with van der Waals surface area (Å²) < 4.78 is 10.8. The average Bonchev–Trinajstić information content (AvgIpc) is 2.53. The molecule has 0 aliphatic heterocycles. The summed E-state index contributed by atoms with van der Waals surface area (Å²) in [5, 5.41) is 13.9. The zero-order valence-corrected chi connectivity index (χ0v) is 13.3. The minimum absolute atomic E-state index is 0.0126. The molecule has 7 nitrogen and oxygen atoms in total. The van der Waals surface area contributed by atoms with Crippen LogP contribution in [0.4, 0.5) is 11.5 Å². The fourth-order valence-corrected chi connectivity index (χ4v) is 2.13. The van der Waals surface area contributed by atoms with Gasteiger partial charge in [-0.05, 0) is 37.6 Å². The zero-order valence-electron chi connectivity index (χ0n) is 13.3. The predicted octanol–water partition coefficient (Wildman–Crippen LogP) is 3.32. The van der Waals surface area contributed by atoms with Gasteiger partial charge in [0.1, 0.15) is 12.0 Å². The van der Waals surface area contributed by atoms with E-state index >= 15 is 0 Å². The molecule has 23 heavy (non-hydrogen) atoms. The van der Waals surface area contributed by atoms with Gasteiger partial charge in [-0.1, -0.05) is 6.07 Å².